The summed E-state index contributed by atoms with van der Waals surface area (Å²) in [4.78, 5) is 0. The standard InChI is InChI=1S/C12H23N/c1-9-6-12(7-9)13-10(2)8-11-4-3-5-11/h9-13H,3-8H2,1-2H3. The average Bonchev–Trinajstić information content (AvgIpc) is 1.94. The maximum absolute atomic E-state index is 3.75. The van der Waals surface area contributed by atoms with E-state index in [2.05, 4.69) is 19.2 Å². The summed E-state index contributed by atoms with van der Waals surface area (Å²) in [7, 11) is 0. The predicted octanol–water partition coefficient (Wildman–Crippen LogP) is 2.95. The molecular weight excluding hydrogens is 158 g/mol. The molecule has 1 heteroatoms. The maximum atomic E-state index is 3.75. The van der Waals surface area contributed by atoms with Crippen LogP contribution in [0.2, 0.25) is 0 Å². The van der Waals surface area contributed by atoms with E-state index >= 15 is 0 Å². The molecule has 0 radical (unpaired) electrons. The lowest BCUT2D eigenvalue weighted by Gasteiger charge is -2.37. The van der Waals surface area contributed by atoms with Gasteiger partial charge in [-0.15, -0.1) is 0 Å². The van der Waals surface area contributed by atoms with E-state index in [1.165, 1.54) is 38.5 Å². The molecule has 13 heavy (non-hydrogen) atoms. The molecule has 0 amide bonds. The molecule has 1 N–H and O–H groups in total. The van der Waals surface area contributed by atoms with Gasteiger partial charge in [0.1, 0.15) is 0 Å². The van der Waals surface area contributed by atoms with Gasteiger partial charge >= 0.3 is 0 Å². The lowest BCUT2D eigenvalue weighted by molar-refractivity contribution is 0.197. The molecule has 0 aromatic heterocycles. The SMILES string of the molecule is CC1CC(NC(C)CC2CCC2)C1. The van der Waals surface area contributed by atoms with Gasteiger partial charge in [0.2, 0.25) is 0 Å². The highest BCUT2D eigenvalue weighted by atomic mass is 15.0. The summed E-state index contributed by atoms with van der Waals surface area (Å²) in [5.74, 6) is 2.04. The Bertz CT molecular complexity index is 157. The Hall–Kier alpha value is -0.0400. The van der Waals surface area contributed by atoms with Gasteiger partial charge in [0.05, 0.1) is 0 Å². The highest BCUT2D eigenvalue weighted by Gasteiger charge is 2.27. The molecule has 2 saturated carbocycles. The third-order valence-electron chi connectivity index (χ3n) is 3.81. The van der Waals surface area contributed by atoms with Crippen LogP contribution in [0.1, 0.15) is 52.4 Å². The topological polar surface area (TPSA) is 12.0 Å². The van der Waals surface area contributed by atoms with Crippen molar-refractivity contribution in [3.63, 3.8) is 0 Å². The fraction of sp³-hybridized carbons (Fsp3) is 1.00. The minimum atomic E-state index is 0.766. The second-order valence-corrected chi connectivity index (χ2v) is 5.37. The summed E-state index contributed by atoms with van der Waals surface area (Å²) >= 11 is 0. The fourth-order valence-corrected chi connectivity index (χ4v) is 2.74. The van der Waals surface area contributed by atoms with E-state index < -0.39 is 0 Å². The summed E-state index contributed by atoms with van der Waals surface area (Å²) < 4.78 is 0. The fourth-order valence-electron chi connectivity index (χ4n) is 2.74. The van der Waals surface area contributed by atoms with E-state index in [9.17, 15) is 0 Å². The Morgan fingerprint density at radius 1 is 1.31 bits per heavy atom. The van der Waals surface area contributed by atoms with Crippen LogP contribution in [-0.2, 0) is 0 Å². The third kappa shape index (κ3) is 2.46. The summed E-state index contributed by atoms with van der Waals surface area (Å²) in [6, 6.07) is 1.62. The molecule has 76 valence electrons. The highest BCUT2D eigenvalue weighted by molar-refractivity contribution is 4.85. The molecule has 0 aliphatic heterocycles. The van der Waals surface area contributed by atoms with Gasteiger partial charge in [-0.05, 0) is 38.0 Å². The van der Waals surface area contributed by atoms with Gasteiger partial charge in [-0.2, -0.15) is 0 Å². The minimum absolute atomic E-state index is 0.766. The van der Waals surface area contributed by atoms with E-state index in [1.54, 1.807) is 0 Å². The Morgan fingerprint density at radius 3 is 2.46 bits per heavy atom. The quantitative estimate of drug-likeness (QED) is 0.703. The van der Waals surface area contributed by atoms with Crippen LogP contribution in [0.15, 0.2) is 0 Å². The van der Waals surface area contributed by atoms with Crippen LogP contribution in [0.3, 0.4) is 0 Å². The molecule has 2 aliphatic carbocycles. The highest BCUT2D eigenvalue weighted by Crippen LogP contribution is 2.32. The van der Waals surface area contributed by atoms with E-state index in [0.717, 1.165) is 23.9 Å². The minimum Gasteiger partial charge on any atom is -0.311 e. The van der Waals surface area contributed by atoms with Crippen LogP contribution in [0.5, 0.6) is 0 Å². The van der Waals surface area contributed by atoms with Crippen LogP contribution < -0.4 is 5.32 Å². The van der Waals surface area contributed by atoms with Gasteiger partial charge in [-0.3, -0.25) is 0 Å². The Labute approximate surface area is 82.3 Å². The number of hydrogen-bond donors (Lipinski definition) is 1. The second kappa shape index (κ2) is 4.00. The molecule has 1 atom stereocenters. The first kappa shape index (κ1) is 9.51. The van der Waals surface area contributed by atoms with Crippen molar-refractivity contribution in [3.05, 3.63) is 0 Å². The second-order valence-electron chi connectivity index (χ2n) is 5.37. The lowest BCUT2D eigenvalue weighted by Crippen LogP contribution is -2.45. The zero-order chi connectivity index (χ0) is 9.26. The van der Waals surface area contributed by atoms with Gasteiger partial charge in [-0.25, -0.2) is 0 Å². The third-order valence-corrected chi connectivity index (χ3v) is 3.81. The Morgan fingerprint density at radius 2 is 2.00 bits per heavy atom. The van der Waals surface area contributed by atoms with Crippen LogP contribution in [0.4, 0.5) is 0 Å². The summed E-state index contributed by atoms with van der Waals surface area (Å²) in [6.45, 7) is 4.72. The number of hydrogen-bond acceptors (Lipinski definition) is 1. The Kier molecular flexibility index (Phi) is 2.92. The number of rotatable bonds is 4. The van der Waals surface area contributed by atoms with Gasteiger partial charge in [0.15, 0.2) is 0 Å². The molecule has 0 spiro atoms. The van der Waals surface area contributed by atoms with Crippen LogP contribution in [0, 0.1) is 11.8 Å². The lowest BCUT2D eigenvalue weighted by atomic mass is 9.79. The largest absolute Gasteiger partial charge is 0.311 e. The molecule has 2 rings (SSSR count). The molecular formula is C12H23N. The first-order chi connectivity index (χ1) is 6.24. The predicted molar refractivity (Wildman–Crippen MR) is 56.7 cm³/mol. The zero-order valence-electron chi connectivity index (χ0n) is 9.05. The molecule has 0 heterocycles. The van der Waals surface area contributed by atoms with E-state index in [1.807, 2.05) is 0 Å². The average molecular weight is 181 g/mol. The van der Waals surface area contributed by atoms with Gasteiger partial charge in [0, 0.05) is 12.1 Å². The molecule has 0 aromatic rings. The molecule has 0 aromatic carbocycles. The van der Waals surface area contributed by atoms with Gasteiger partial charge < -0.3 is 5.32 Å². The summed E-state index contributed by atoms with van der Waals surface area (Å²) in [5.41, 5.74) is 0. The van der Waals surface area contributed by atoms with Crippen molar-refractivity contribution in [1.29, 1.82) is 0 Å². The van der Waals surface area contributed by atoms with Crippen molar-refractivity contribution >= 4 is 0 Å². The van der Waals surface area contributed by atoms with Crippen molar-refractivity contribution in [3.8, 4) is 0 Å². The maximum Gasteiger partial charge on any atom is 0.00746 e. The Balaban J connectivity index is 1.58. The smallest absolute Gasteiger partial charge is 0.00746 e. The normalized spacial score (nSPS) is 36.5. The van der Waals surface area contributed by atoms with E-state index in [0.29, 0.717) is 0 Å². The van der Waals surface area contributed by atoms with Crippen molar-refractivity contribution < 1.29 is 0 Å². The summed E-state index contributed by atoms with van der Waals surface area (Å²) in [6.07, 6.45) is 8.72. The van der Waals surface area contributed by atoms with Crippen LogP contribution >= 0.6 is 0 Å². The van der Waals surface area contributed by atoms with Crippen LogP contribution in [0.25, 0.3) is 0 Å². The van der Waals surface area contributed by atoms with Crippen molar-refractivity contribution in [2.75, 3.05) is 0 Å². The molecule has 0 saturated heterocycles. The monoisotopic (exact) mass is 181 g/mol. The first-order valence-corrected chi connectivity index (χ1v) is 6.00. The van der Waals surface area contributed by atoms with Crippen molar-refractivity contribution in [2.45, 2.75) is 64.5 Å². The van der Waals surface area contributed by atoms with Crippen LogP contribution in [-0.4, -0.2) is 12.1 Å². The summed E-state index contributed by atoms with van der Waals surface area (Å²) in [5, 5.41) is 3.75. The molecule has 1 unspecified atom stereocenters. The van der Waals surface area contributed by atoms with Crippen molar-refractivity contribution in [1.82, 2.24) is 5.32 Å². The first-order valence-electron chi connectivity index (χ1n) is 6.00. The zero-order valence-corrected chi connectivity index (χ0v) is 9.05. The van der Waals surface area contributed by atoms with Crippen molar-refractivity contribution in [2.24, 2.45) is 11.8 Å². The van der Waals surface area contributed by atoms with Gasteiger partial charge in [0.25, 0.3) is 0 Å². The van der Waals surface area contributed by atoms with E-state index in [4.69, 9.17) is 0 Å². The number of nitrogens with one attached hydrogen (secondary N) is 1. The van der Waals surface area contributed by atoms with Gasteiger partial charge in [-0.1, -0.05) is 26.2 Å². The molecule has 0 bridgehead atoms. The molecule has 2 fully saturated rings. The molecule has 1 nitrogen and oxygen atoms in total. The van der Waals surface area contributed by atoms with E-state index in [-0.39, 0.29) is 0 Å². The molecule has 2 aliphatic rings.